The number of carbonyl (C=O) groups excluding carboxylic acids is 1. The highest BCUT2D eigenvalue weighted by molar-refractivity contribution is 7.98. The minimum absolute atomic E-state index is 0.370. The summed E-state index contributed by atoms with van der Waals surface area (Å²) in [7, 11) is 0. The van der Waals surface area contributed by atoms with Gasteiger partial charge in [0.2, 0.25) is 0 Å². The molecule has 0 unspecified atom stereocenters. The third-order valence-electron chi connectivity index (χ3n) is 2.03. The molecule has 18 heavy (non-hydrogen) atoms. The fourth-order valence-electron chi connectivity index (χ4n) is 1.18. The third kappa shape index (κ3) is 5.00. The van der Waals surface area contributed by atoms with Crippen molar-refractivity contribution in [2.24, 2.45) is 0 Å². The van der Waals surface area contributed by atoms with E-state index in [0.29, 0.717) is 17.9 Å². The Kier molecular flexibility index (Phi) is 5.92. The average Bonchev–Trinajstić information content (AvgIpc) is 2.35. The molecule has 0 aliphatic rings. The summed E-state index contributed by atoms with van der Waals surface area (Å²) in [6.45, 7) is 0. The number of nitrogens with zero attached hydrogens (tertiary/aromatic N) is 2. The van der Waals surface area contributed by atoms with Gasteiger partial charge < -0.3 is 15.7 Å². The van der Waals surface area contributed by atoms with Gasteiger partial charge in [-0.15, -0.1) is 0 Å². The van der Waals surface area contributed by atoms with E-state index in [1.54, 1.807) is 0 Å². The van der Waals surface area contributed by atoms with Crippen molar-refractivity contribution >= 4 is 29.4 Å². The lowest BCUT2D eigenvalue weighted by molar-refractivity contribution is -0.139. The molecule has 0 aromatic carbocycles. The number of thioether (sulfide) groups is 1. The molecule has 0 fully saturated rings. The van der Waals surface area contributed by atoms with Crippen LogP contribution in [0.3, 0.4) is 0 Å². The monoisotopic (exact) mass is 270 g/mol. The van der Waals surface area contributed by atoms with Crippen LogP contribution in [0, 0.1) is 0 Å². The van der Waals surface area contributed by atoms with Crippen LogP contribution in [0.25, 0.3) is 0 Å². The molecule has 2 amide bonds. The lowest BCUT2D eigenvalue weighted by Gasteiger charge is -2.14. The second-order valence-electron chi connectivity index (χ2n) is 3.40. The highest BCUT2D eigenvalue weighted by Gasteiger charge is 2.19. The van der Waals surface area contributed by atoms with Gasteiger partial charge in [-0.25, -0.2) is 19.6 Å². The van der Waals surface area contributed by atoms with Crippen LogP contribution in [0.2, 0.25) is 0 Å². The first-order chi connectivity index (χ1) is 8.63. The molecule has 1 rings (SSSR count). The number of hydrogen-bond donors (Lipinski definition) is 3. The predicted molar refractivity (Wildman–Crippen MR) is 68.6 cm³/mol. The number of anilines is 1. The van der Waals surface area contributed by atoms with Crippen molar-refractivity contribution in [1.29, 1.82) is 0 Å². The number of aromatic nitrogens is 2. The molecule has 98 valence electrons. The van der Waals surface area contributed by atoms with Crippen molar-refractivity contribution in [3.05, 3.63) is 18.7 Å². The number of hydrogen-bond acceptors (Lipinski definition) is 5. The van der Waals surface area contributed by atoms with Gasteiger partial charge >= 0.3 is 12.0 Å². The minimum Gasteiger partial charge on any atom is -0.480 e. The summed E-state index contributed by atoms with van der Waals surface area (Å²) < 4.78 is 0. The van der Waals surface area contributed by atoms with Crippen LogP contribution in [-0.2, 0) is 4.79 Å². The highest BCUT2D eigenvalue weighted by atomic mass is 32.2. The highest BCUT2D eigenvalue weighted by Crippen LogP contribution is 2.03. The molecule has 0 aliphatic carbocycles. The maximum atomic E-state index is 11.5. The van der Waals surface area contributed by atoms with E-state index in [1.165, 1.54) is 30.5 Å². The molecule has 0 bridgehead atoms. The maximum absolute atomic E-state index is 11.5. The fraction of sp³-hybridized carbons (Fsp3) is 0.400. The number of aliphatic carboxylic acids is 1. The Bertz CT molecular complexity index is 401. The van der Waals surface area contributed by atoms with Gasteiger partial charge in [0.05, 0.1) is 18.1 Å². The van der Waals surface area contributed by atoms with Crippen molar-refractivity contribution in [3.8, 4) is 0 Å². The van der Waals surface area contributed by atoms with E-state index in [-0.39, 0.29) is 0 Å². The second-order valence-corrected chi connectivity index (χ2v) is 4.38. The predicted octanol–water partition coefficient (Wildman–Crippen LogP) is 0.804. The quantitative estimate of drug-likeness (QED) is 0.706. The summed E-state index contributed by atoms with van der Waals surface area (Å²) in [6, 6.07) is -1.49. The number of carboxylic acids is 1. The number of rotatable bonds is 6. The van der Waals surface area contributed by atoms with E-state index < -0.39 is 18.0 Å². The molecular weight excluding hydrogens is 256 g/mol. The number of nitrogens with one attached hydrogen (secondary N) is 2. The van der Waals surface area contributed by atoms with E-state index in [2.05, 4.69) is 20.6 Å². The zero-order valence-corrected chi connectivity index (χ0v) is 10.6. The van der Waals surface area contributed by atoms with E-state index in [1.807, 2.05) is 6.26 Å². The molecule has 1 atom stereocenters. The molecule has 0 radical (unpaired) electrons. The third-order valence-corrected chi connectivity index (χ3v) is 2.68. The lowest BCUT2D eigenvalue weighted by atomic mass is 10.2. The molecule has 1 aromatic heterocycles. The van der Waals surface area contributed by atoms with Crippen molar-refractivity contribution in [3.63, 3.8) is 0 Å². The zero-order valence-electron chi connectivity index (χ0n) is 9.79. The van der Waals surface area contributed by atoms with E-state index in [9.17, 15) is 9.59 Å². The van der Waals surface area contributed by atoms with E-state index >= 15 is 0 Å². The molecule has 8 heteroatoms. The Morgan fingerprint density at radius 2 is 2.11 bits per heavy atom. The fourth-order valence-corrected chi connectivity index (χ4v) is 1.65. The molecule has 0 aliphatic heterocycles. The first-order valence-electron chi connectivity index (χ1n) is 5.17. The Morgan fingerprint density at radius 1 is 1.44 bits per heavy atom. The summed E-state index contributed by atoms with van der Waals surface area (Å²) in [6.07, 6.45) is 6.42. The van der Waals surface area contributed by atoms with Crippen molar-refractivity contribution in [2.75, 3.05) is 17.3 Å². The summed E-state index contributed by atoms with van der Waals surface area (Å²) in [5, 5.41) is 13.8. The second kappa shape index (κ2) is 7.49. The van der Waals surface area contributed by atoms with Crippen LogP contribution in [-0.4, -0.2) is 45.1 Å². The standard InChI is InChI=1S/C10H14N4O3S/c1-18-3-2-8(9(15)16)14-10(17)13-7-4-11-6-12-5-7/h4-6,8H,2-3H2,1H3,(H,15,16)(H2,13,14,17)/t8-/m1/s1. The number of amides is 2. The maximum Gasteiger partial charge on any atom is 0.326 e. The summed E-state index contributed by atoms with van der Waals surface area (Å²) in [5.74, 6) is -0.394. The molecule has 7 nitrogen and oxygen atoms in total. The first-order valence-corrected chi connectivity index (χ1v) is 6.57. The van der Waals surface area contributed by atoms with Crippen molar-refractivity contribution < 1.29 is 14.7 Å². The van der Waals surface area contributed by atoms with Crippen molar-refractivity contribution in [2.45, 2.75) is 12.5 Å². The Balaban J connectivity index is 2.48. The van der Waals surface area contributed by atoms with Gasteiger partial charge in [-0.05, 0) is 18.4 Å². The SMILES string of the molecule is CSCC[C@@H](NC(=O)Nc1cncnc1)C(=O)O. The van der Waals surface area contributed by atoms with Crippen molar-refractivity contribution in [1.82, 2.24) is 15.3 Å². The van der Waals surface area contributed by atoms with Gasteiger partial charge in [-0.2, -0.15) is 11.8 Å². The van der Waals surface area contributed by atoms with Gasteiger partial charge in [0.15, 0.2) is 0 Å². The molecular formula is C10H14N4O3S. The molecule has 0 spiro atoms. The lowest BCUT2D eigenvalue weighted by Crippen LogP contribution is -2.43. The van der Waals surface area contributed by atoms with E-state index in [4.69, 9.17) is 5.11 Å². The van der Waals surface area contributed by atoms with Crippen LogP contribution in [0.4, 0.5) is 10.5 Å². The molecule has 1 heterocycles. The van der Waals surface area contributed by atoms with Crippen LogP contribution >= 0.6 is 11.8 Å². The number of carbonyl (C=O) groups is 2. The largest absolute Gasteiger partial charge is 0.480 e. The van der Waals surface area contributed by atoms with Crippen LogP contribution < -0.4 is 10.6 Å². The normalized spacial score (nSPS) is 11.6. The summed E-state index contributed by atoms with van der Waals surface area (Å²) >= 11 is 1.52. The summed E-state index contributed by atoms with van der Waals surface area (Å²) in [5.41, 5.74) is 0.406. The van der Waals surface area contributed by atoms with E-state index in [0.717, 1.165) is 0 Å². The Labute approximate surface area is 108 Å². The van der Waals surface area contributed by atoms with Gasteiger partial charge in [0.1, 0.15) is 12.4 Å². The molecule has 0 saturated heterocycles. The van der Waals surface area contributed by atoms with Crippen LogP contribution in [0.15, 0.2) is 18.7 Å². The van der Waals surface area contributed by atoms with Gasteiger partial charge in [0.25, 0.3) is 0 Å². The minimum atomic E-state index is -1.05. The molecule has 3 N–H and O–H groups in total. The van der Waals surface area contributed by atoms with Gasteiger partial charge in [-0.3, -0.25) is 0 Å². The Hall–Kier alpha value is -1.83. The number of urea groups is 1. The average molecular weight is 270 g/mol. The smallest absolute Gasteiger partial charge is 0.326 e. The summed E-state index contributed by atoms with van der Waals surface area (Å²) in [4.78, 5) is 29.9. The van der Waals surface area contributed by atoms with Gasteiger partial charge in [0, 0.05) is 0 Å². The van der Waals surface area contributed by atoms with Gasteiger partial charge in [-0.1, -0.05) is 0 Å². The first kappa shape index (κ1) is 14.2. The van der Waals surface area contributed by atoms with Crippen LogP contribution in [0.5, 0.6) is 0 Å². The topological polar surface area (TPSA) is 104 Å². The van der Waals surface area contributed by atoms with Crippen LogP contribution in [0.1, 0.15) is 6.42 Å². The number of carboxylic acid groups (broad SMARTS) is 1. The Morgan fingerprint density at radius 3 is 2.67 bits per heavy atom. The zero-order chi connectivity index (χ0) is 13.4. The molecule has 1 aromatic rings. The molecule has 0 saturated carbocycles.